The quantitative estimate of drug-likeness (QED) is 0.847. The Hall–Kier alpha value is -1.08. The third-order valence-corrected chi connectivity index (χ3v) is 6.46. The number of halogens is 1. The van der Waals surface area contributed by atoms with Crippen LogP contribution in [0.4, 0.5) is 5.69 Å². The summed E-state index contributed by atoms with van der Waals surface area (Å²) in [6.45, 7) is 0.386. The molecule has 0 radical (unpaired) electrons. The van der Waals surface area contributed by atoms with Crippen LogP contribution in [0.15, 0.2) is 40.6 Å². The van der Waals surface area contributed by atoms with Crippen molar-refractivity contribution >= 4 is 38.6 Å². The van der Waals surface area contributed by atoms with Gasteiger partial charge in [0.1, 0.15) is 4.90 Å². The van der Waals surface area contributed by atoms with Gasteiger partial charge in [-0.25, -0.2) is 8.42 Å². The molecule has 1 aliphatic rings. The second-order valence-corrected chi connectivity index (χ2v) is 8.37. The van der Waals surface area contributed by atoms with Gasteiger partial charge in [0.2, 0.25) is 10.0 Å². The van der Waals surface area contributed by atoms with Gasteiger partial charge in [0.15, 0.2) is 0 Å². The first-order valence-corrected chi connectivity index (χ1v) is 9.27. The van der Waals surface area contributed by atoms with Crippen molar-refractivity contribution in [3.8, 4) is 0 Å². The van der Waals surface area contributed by atoms with E-state index in [4.69, 9.17) is 17.3 Å². The van der Waals surface area contributed by atoms with E-state index >= 15 is 0 Å². The van der Waals surface area contributed by atoms with E-state index in [0.717, 1.165) is 17.7 Å². The average molecular weight is 343 g/mol. The highest BCUT2D eigenvalue weighted by molar-refractivity contribution is 7.89. The van der Waals surface area contributed by atoms with E-state index in [-0.39, 0.29) is 16.6 Å². The summed E-state index contributed by atoms with van der Waals surface area (Å²) in [6, 6.07) is 8.48. The first kappa shape index (κ1) is 14.8. The molecule has 3 rings (SSSR count). The van der Waals surface area contributed by atoms with Crippen molar-refractivity contribution in [3.63, 3.8) is 0 Å². The SMILES string of the molecule is Nc1ccc(Cl)cc1S(=O)(=O)N(Cc1cccs1)C1CC1. The van der Waals surface area contributed by atoms with Gasteiger partial charge in [0.25, 0.3) is 0 Å². The molecule has 0 bridgehead atoms. The van der Waals surface area contributed by atoms with Crippen LogP contribution in [-0.4, -0.2) is 18.8 Å². The normalized spacial score (nSPS) is 15.5. The first-order valence-electron chi connectivity index (χ1n) is 6.58. The van der Waals surface area contributed by atoms with E-state index in [2.05, 4.69) is 0 Å². The molecule has 1 fully saturated rings. The van der Waals surface area contributed by atoms with Gasteiger partial charge in [-0.1, -0.05) is 17.7 Å². The molecule has 0 amide bonds. The summed E-state index contributed by atoms with van der Waals surface area (Å²) in [4.78, 5) is 1.12. The largest absolute Gasteiger partial charge is 0.398 e. The molecule has 2 aromatic rings. The topological polar surface area (TPSA) is 63.4 Å². The predicted molar refractivity (Wildman–Crippen MR) is 85.9 cm³/mol. The molecule has 1 aliphatic carbocycles. The van der Waals surface area contributed by atoms with E-state index < -0.39 is 10.0 Å². The van der Waals surface area contributed by atoms with Crippen LogP contribution in [0, 0.1) is 0 Å². The van der Waals surface area contributed by atoms with Crippen LogP contribution in [0.3, 0.4) is 0 Å². The molecule has 112 valence electrons. The lowest BCUT2D eigenvalue weighted by molar-refractivity contribution is 0.402. The summed E-state index contributed by atoms with van der Waals surface area (Å²) in [5.74, 6) is 0. The summed E-state index contributed by atoms with van der Waals surface area (Å²) in [7, 11) is -3.64. The zero-order valence-corrected chi connectivity index (χ0v) is 13.6. The molecule has 4 nitrogen and oxygen atoms in total. The molecule has 1 aromatic heterocycles. The molecule has 7 heteroatoms. The number of nitrogen functional groups attached to an aromatic ring is 1. The van der Waals surface area contributed by atoms with Gasteiger partial charge in [0, 0.05) is 22.5 Å². The van der Waals surface area contributed by atoms with Gasteiger partial charge < -0.3 is 5.73 Å². The molecule has 0 aliphatic heterocycles. The number of hydrogen-bond acceptors (Lipinski definition) is 4. The van der Waals surface area contributed by atoms with E-state index in [1.807, 2.05) is 17.5 Å². The fourth-order valence-electron chi connectivity index (χ4n) is 2.19. The Morgan fingerprint density at radius 1 is 1.33 bits per heavy atom. The minimum Gasteiger partial charge on any atom is -0.398 e. The van der Waals surface area contributed by atoms with Crippen molar-refractivity contribution in [2.24, 2.45) is 0 Å². The maximum absolute atomic E-state index is 12.9. The molecule has 1 aromatic carbocycles. The lowest BCUT2D eigenvalue weighted by Crippen LogP contribution is -2.32. The Bertz CT molecular complexity index is 740. The van der Waals surface area contributed by atoms with Crippen molar-refractivity contribution in [2.45, 2.75) is 30.3 Å². The Kier molecular flexibility index (Phi) is 3.96. The highest BCUT2D eigenvalue weighted by atomic mass is 35.5. The average Bonchev–Trinajstić information content (AvgIpc) is 3.14. The van der Waals surface area contributed by atoms with Crippen molar-refractivity contribution in [1.29, 1.82) is 0 Å². The van der Waals surface area contributed by atoms with Gasteiger partial charge in [-0.2, -0.15) is 4.31 Å². The van der Waals surface area contributed by atoms with Crippen molar-refractivity contribution < 1.29 is 8.42 Å². The maximum atomic E-state index is 12.9. The van der Waals surface area contributed by atoms with E-state index in [0.29, 0.717) is 11.6 Å². The van der Waals surface area contributed by atoms with Crippen LogP contribution in [0.2, 0.25) is 5.02 Å². The van der Waals surface area contributed by atoms with Crippen molar-refractivity contribution in [1.82, 2.24) is 4.31 Å². The minimum atomic E-state index is -3.64. The molecule has 1 heterocycles. The maximum Gasteiger partial charge on any atom is 0.245 e. The Balaban J connectivity index is 1.99. The van der Waals surface area contributed by atoms with Gasteiger partial charge >= 0.3 is 0 Å². The van der Waals surface area contributed by atoms with Crippen LogP contribution in [0.1, 0.15) is 17.7 Å². The zero-order chi connectivity index (χ0) is 15.0. The van der Waals surface area contributed by atoms with E-state index in [1.165, 1.54) is 12.1 Å². The summed E-state index contributed by atoms with van der Waals surface area (Å²) in [5.41, 5.74) is 6.08. The first-order chi connectivity index (χ1) is 9.98. The number of hydrogen-bond donors (Lipinski definition) is 1. The standard InChI is InChI=1S/C14H15ClN2O2S2/c15-10-3-6-13(16)14(8-10)21(18,19)17(11-4-5-11)9-12-2-1-7-20-12/h1-3,6-8,11H,4-5,9,16H2. The van der Waals surface area contributed by atoms with Crippen molar-refractivity contribution in [2.75, 3.05) is 5.73 Å². The van der Waals surface area contributed by atoms with Crippen LogP contribution in [0.5, 0.6) is 0 Å². The number of rotatable bonds is 5. The van der Waals surface area contributed by atoms with Crippen LogP contribution < -0.4 is 5.73 Å². The number of thiophene rings is 1. The van der Waals surface area contributed by atoms with E-state index in [1.54, 1.807) is 21.7 Å². The molecule has 0 atom stereocenters. The van der Waals surface area contributed by atoms with Gasteiger partial charge in [-0.3, -0.25) is 0 Å². The number of anilines is 1. The smallest absolute Gasteiger partial charge is 0.245 e. The minimum absolute atomic E-state index is 0.0653. The highest BCUT2D eigenvalue weighted by Gasteiger charge is 2.39. The monoisotopic (exact) mass is 342 g/mol. The molecule has 0 spiro atoms. The molecular weight excluding hydrogens is 328 g/mol. The highest BCUT2D eigenvalue weighted by Crippen LogP contribution is 2.36. The summed E-state index contributed by atoms with van der Waals surface area (Å²) in [6.07, 6.45) is 1.79. The number of benzene rings is 1. The van der Waals surface area contributed by atoms with Crippen molar-refractivity contribution in [3.05, 3.63) is 45.6 Å². The van der Waals surface area contributed by atoms with Gasteiger partial charge in [-0.05, 0) is 42.5 Å². The van der Waals surface area contributed by atoms with E-state index in [9.17, 15) is 8.42 Å². The molecule has 2 N–H and O–H groups in total. The second kappa shape index (κ2) is 5.61. The predicted octanol–water partition coefficient (Wildman–Crippen LogP) is 3.34. The molecular formula is C14H15ClN2O2S2. The number of nitrogens with zero attached hydrogens (tertiary/aromatic N) is 1. The second-order valence-electron chi connectivity index (χ2n) is 5.04. The number of sulfonamides is 1. The van der Waals surface area contributed by atoms with Gasteiger partial charge in [-0.15, -0.1) is 11.3 Å². The summed E-state index contributed by atoms with van der Waals surface area (Å²) in [5, 5.41) is 2.32. The fraction of sp³-hybridized carbons (Fsp3) is 0.286. The van der Waals surface area contributed by atoms with Gasteiger partial charge in [0.05, 0.1) is 5.69 Å². The van der Waals surface area contributed by atoms with Crippen LogP contribution in [-0.2, 0) is 16.6 Å². The number of nitrogens with two attached hydrogens (primary N) is 1. The lowest BCUT2D eigenvalue weighted by atomic mass is 10.3. The third-order valence-electron chi connectivity index (χ3n) is 3.41. The van der Waals surface area contributed by atoms with Crippen LogP contribution in [0.25, 0.3) is 0 Å². The molecule has 0 unspecified atom stereocenters. The molecule has 0 saturated heterocycles. The fourth-order valence-corrected chi connectivity index (χ4v) is 5.01. The summed E-state index contributed by atoms with van der Waals surface area (Å²) >= 11 is 7.48. The third kappa shape index (κ3) is 3.08. The Morgan fingerprint density at radius 3 is 2.71 bits per heavy atom. The molecule has 1 saturated carbocycles. The Morgan fingerprint density at radius 2 is 2.10 bits per heavy atom. The van der Waals surface area contributed by atoms with Crippen LogP contribution >= 0.6 is 22.9 Å². The molecule has 21 heavy (non-hydrogen) atoms. The Labute approximate surface area is 133 Å². The lowest BCUT2D eigenvalue weighted by Gasteiger charge is -2.22. The summed E-state index contributed by atoms with van der Waals surface area (Å²) < 4.78 is 27.4. The zero-order valence-electron chi connectivity index (χ0n) is 11.2.